The van der Waals surface area contributed by atoms with Gasteiger partial charge in [-0.3, -0.25) is 9.59 Å². The summed E-state index contributed by atoms with van der Waals surface area (Å²) in [7, 11) is 1.48. The molecule has 1 aliphatic carbocycles. The lowest BCUT2D eigenvalue weighted by atomic mass is 9.91. The third-order valence-electron chi connectivity index (χ3n) is 5.37. The third kappa shape index (κ3) is 5.62. The molecule has 0 saturated heterocycles. The fourth-order valence-corrected chi connectivity index (χ4v) is 3.15. The molecule has 7 nitrogen and oxygen atoms in total. The highest BCUT2D eigenvalue weighted by atomic mass is 19.4. The van der Waals surface area contributed by atoms with E-state index in [0.717, 1.165) is 18.4 Å². The number of aliphatic hydroxyl groups excluding tert-OH is 1. The summed E-state index contributed by atoms with van der Waals surface area (Å²) in [6.45, 7) is 3.16. The fraction of sp³-hybridized carbons (Fsp3) is 0.650. The smallest absolute Gasteiger partial charge is 0.414 e. The van der Waals surface area contributed by atoms with Crippen molar-refractivity contribution < 1.29 is 32.6 Å². The van der Waals surface area contributed by atoms with E-state index in [2.05, 4.69) is 15.6 Å². The summed E-state index contributed by atoms with van der Waals surface area (Å²) >= 11 is 0. The third-order valence-corrected chi connectivity index (χ3v) is 5.37. The van der Waals surface area contributed by atoms with E-state index in [-0.39, 0.29) is 23.4 Å². The van der Waals surface area contributed by atoms with Gasteiger partial charge < -0.3 is 20.5 Å². The molecule has 0 radical (unpaired) electrons. The summed E-state index contributed by atoms with van der Waals surface area (Å²) in [6.07, 6.45) is -5.31. The van der Waals surface area contributed by atoms with E-state index in [4.69, 9.17) is 9.84 Å². The Kier molecular flexibility index (Phi) is 7.68. The molecule has 10 heteroatoms. The maximum Gasteiger partial charge on any atom is 0.414 e. The number of aromatic nitrogens is 1. The zero-order chi connectivity index (χ0) is 22.5. The van der Waals surface area contributed by atoms with Crippen LogP contribution in [0.15, 0.2) is 12.1 Å². The second kappa shape index (κ2) is 9.63. The van der Waals surface area contributed by atoms with Crippen LogP contribution in [0.25, 0.3) is 0 Å². The van der Waals surface area contributed by atoms with Crippen molar-refractivity contribution in [2.24, 2.45) is 0 Å². The summed E-state index contributed by atoms with van der Waals surface area (Å²) in [5.41, 5.74) is -0.377. The second-order valence-corrected chi connectivity index (χ2v) is 7.38. The molecule has 1 aliphatic rings. The number of hydrogen-bond donors (Lipinski definition) is 3. The standard InChI is InChI=1S/C20H28F3N3O4/c1-4-19(5-2,18(29)24-3)26-16(28)14-9-8-13(12-6-7-12)17(25-14)30-11-10-15(27)20(21,22)23/h8-9,12,15,27H,4-7,10-11H2,1-3H3,(H,24,29)(H,26,28)/t15-/m0/s1. The molecule has 1 aromatic rings. The molecule has 0 aromatic carbocycles. The monoisotopic (exact) mass is 431 g/mol. The quantitative estimate of drug-likeness (QED) is 0.529. The van der Waals surface area contributed by atoms with E-state index in [1.165, 1.54) is 13.1 Å². The maximum atomic E-state index is 12.8. The number of amides is 2. The molecule has 168 valence electrons. The molecular weight excluding hydrogens is 403 g/mol. The van der Waals surface area contributed by atoms with Crippen LogP contribution in [0.2, 0.25) is 0 Å². The van der Waals surface area contributed by atoms with Crippen LogP contribution in [-0.4, -0.2) is 53.4 Å². The maximum absolute atomic E-state index is 12.8. The van der Waals surface area contributed by atoms with Gasteiger partial charge in [-0.25, -0.2) is 4.98 Å². The van der Waals surface area contributed by atoms with E-state index in [0.29, 0.717) is 12.8 Å². The van der Waals surface area contributed by atoms with Gasteiger partial charge in [0.05, 0.1) is 6.61 Å². The van der Waals surface area contributed by atoms with Crippen LogP contribution in [0.3, 0.4) is 0 Å². The molecule has 2 amide bonds. The largest absolute Gasteiger partial charge is 0.477 e. The van der Waals surface area contributed by atoms with Gasteiger partial charge in [0.2, 0.25) is 11.8 Å². The molecule has 1 heterocycles. The summed E-state index contributed by atoms with van der Waals surface area (Å²) < 4.78 is 42.8. The Morgan fingerprint density at radius 2 is 1.90 bits per heavy atom. The van der Waals surface area contributed by atoms with Crippen LogP contribution < -0.4 is 15.4 Å². The van der Waals surface area contributed by atoms with E-state index in [1.807, 2.05) is 0 Å². The summed E-state index contributed by atoms with van der Waals surface area (Å²) in [5.74, 6) is -0.635. The number of rotatable bonds is 10. The summed E-state index contributed by atoms with van der Waals surface area (Å²) in [6, 6.07) is 3.19. The minimum absolute atomic E-state index is 0.000878. The van der Waals surface area contributed by atoms with Crippen LogP contribution >= 0.6 is 0 Å². The SMILES string of the molecule is CCC(CC)(NC(=O)c1ccc(C2CC2)c(OCC[C@H](O)C(F)(F)F)n1)C(=O)NC. The average Bonchev–Trinajstić information content (AvgIpc) is 3.55. The van der Waals surface area contributed by atoms with Gasteiger partial charge in [-0.05, 0) is 37.7 Å². The number of likely N-dealkylation sites (N-methyl/N-ethyl adjacent to an activating group) is 1. The Morgan fingerprint density at radius 3 is 2.40 bits per heavy atom. The van der Waals surface area contributed by atoms with Crippen molar-refractivity contribution in [2.45, 2.75) is 69.7 Å². The first-order valence-corrected chi connectivity index (χ1v) is 10.0. The second-order valence-electron chi connectivity index (χ2n) is 7.38. The van der Waals surface area contributed by atoms with Gasteiger partial charge in [-0.2, -0.15) is 13.2 Å². The van der Waals surface area contributed by atoms with E-state index in [1.54, 1.807) is 19.9 Å². The van der Waals surface area contributed by atoms with Crippen molar-refractivity contribution in [1.82, 2.24) is 15.6 Å². The number of hydrogen-bond acceptors (Lipinski definition) is 5. The number of nitrogens with one attached hydrogen (secondary N) is 2. The van der Waals surface area contributed by atoms with Crippen LogP contribution in [-0.2, 0) is 4.79 Å². The van der Waals surface area contributed by atoms with Gasteiger partial charge in [0.25, 0.3) is 5.91 Å². The number of carbonyl (C=O) groups is 2. The fourth-order valence-electron chi connectivity index (χ4n) is 3.15. The first-order valence-electron chi connectivity index (χ1n) is 10.0. The van der Waals surface area contributed by atoms with Crippen molar-refractivity contribution in [3.8, 4) is 5.88 Å². The highest BCUT2D eigenvalue weighted by Crippen LogP contribution is 2.43. The van der Waals surface area contributed by atoms with Gasteiger partial charge in [-0.1, -0.05) is 19.9 Å². The van der Waals surface area contributed by atoms with Crippen LogP contribution in [0, 0.1) is 0 Å². The number of aliphatic hydroxyl groups is 1. The lowest BCUT2D eigenvalue weighted by Gasteiger charge is -2.30. The Balaban J connectivity index is 2.18. The Labute approximate surface area is 173 Å². The van der Waals surface area contributed by atoms with Gasteiger partial charge >= 0.3 is 6.18 Å². The number of ether oxygens (including phenoxy) is 1. The molecule has 0 bridgehead atoms. The van der Waals surface area contributed by atoms with Crippen LogP contribution in [0.5, 0.6) is 5.88 Å². The summed E-state index contributed by atoms with van der Waals surface area (Å²) in [5, 5.41) is 14.4. The topological polar surface area (TPSA) is 101 Å². The number of carbonyl (C=O) groups excluding carboxylic acids is 2. The normalized spacial score (nSPS) is 15.4. The van der Waals surface area contributed by atoms with Crippen LogP contribution in [0.1, 0.15) is 67.9 Å². The molecule has 30 heavy (non-hydrogen) atoms. The zero-order valence-corrected chi connectivity index (χ0v) is 17.3. The Morgan fingerprint density at radius 1 is 1.27 bits per heavy atom. The summed E-state index contributed by atoms with van der Waals surface area (Å²) in [4.78, 5) is 29.2. The van der Waals surface area contributed by atoms with Crippen molar-refractivity contribution in [2.75, 3.05) is 13.7 Å². The molecule has 0 unspecified atom stereocenters. The molecule has 1 atom stereocenters. The predicted octanol–water partition coefficient (Wildman–Crippen LogP) is 2.69. The first-order chi connectivity index (χ1) is 14.1. The molecule has 2 rings (SSSR count). The van der Waals surface area contributed by atoms with Gasteiger partial charge in [0.1, 0.15) is 11.2 Å². The van der Waals surface area contributed by atoms with Crippen molar-refractivity contribution in [3.63, 3.8) is 0 Å². The van der Waals surface area contributed by atoms with Gasteiger partial charge in [-0.15, -0.1) is 0 Å². The lowest BCUT2D eigenvalue weighted by molar-refractivity contribution is -0.206. The zero-order valence-electron chi connectivity index (χ0n) is 17.3. The number of nitrogens with zero attached hydrogens (tertiary/aromatic N) is 1. The average molecular weight is 431 g/mol. The Hall–Kier alpha value is -2.36. The minimum atomic E-state index is -4.72. The van der Waals surface area contributed by atoms with Gasteiger partial charge in [0, 0.05) is 19.0 Å². The van der Waals surface area contributed by atoms with Crippen LogP contribution in [0.4, 0.5) is 13.2 Å². The number of alkyl halides is 3. The predicted molar refractivity (Wildman–Crippen MR) is 103 cm³/mol. The first kappa shape index (κ1) is 23.9. The number of halogens is 3. The lowest BCUT2D eigenvalue weighted by Crippen LogP contribution is -2.57. The van der Waals surface area contributed by atoms with Crippen molar-refractivity contribution in [1.29, 1.82) is 0 Å². The van der Waals surface area contributed by atoms with Crippen molar-refractivity contribution >= 4 is 11.8 Å². The molecule has 1 fully saturated rings. The molecule has 1 saturated carbocycles. The molecule has 3 N–H and O–H groups in total. The van der Waals surface area contributed by atoms with Crippen molar-refractivity contribution in [3.05, 3.63) is 23.4 Å². The Bertz CT molecular complexity index is 762. The minimum Gasteiger partial charge on any atom is -0.477 e. The van der Waals surface area contributed by atoms with Gasteiger partial charge in [0.15, 0.2) is 6.10 Å². The number of pyridine rings is 1. The molecular formula is C20H28F3N3O4. The molecule has 1 aromatic heterocycles. The molecule has 0 aliphatic heterocycles. The van der Waals surface area contributed by atoms with E-state index >= 15 is 0 Å². The highest BCUT2D eigenvalue weighted by Gasteiger charge is 2.38. The highest BCUT2D eigenvalue weighted by molar-refractivity contribution is 5.98. The van der Waals surface area contributed by atoms with E-state index < -0.39 is 36.8 Å². The molecule has 0 spiro atoms. The van der Waals surface area contributed by atoms with E-state index in [9.17, 15) is 22.8 Å².